The highest BCUT2D eigenvalue weighted by Gasteiger charge is 2.68. The summed E-state index contributed by atoms with van der Waals surface area (Å²) in [6.45, 7) is 12.7. The highest BCUT2D eigenvalue weighted by molar-refractivity contribution is 7.98. The highest BCUT2D eigenvalue weighted by atomic mass is 32.2. The van der Waals surface area contributed by atoms with E-state index in [1.54, 1.807) is 6.07 Å². The lowest BCUT2D eigenvalue weighted by Crippen LogP contribution is -2.75. The summed E-state index contributed by atoms with van der Waals surface area (Å²) in [4.78, 5) is 232. The largest absolute Gasteiger partial charge is 0.493 e. The van der Waals surface area contributed by atoms with Crippen molar-refractivity contribution in [1.82, 2.24) is 21.3 Å². The Bertz CT molecular complexity index is 3990. The fraction of sp³-hybridized carbons (Fsp3) is 0.701. The molecule has 5 aliphatic heterocycles. The molecule has 5 heterocycles. The van der Waals surface area contributed by atoms with E-state index in [9.17, 15) is 67.1 Å². The summed E-state index contributed by atoms with van der Waals surface area (Å²) < 4.78 is 138. The SMILES string of the molecule is CCC(Cc1c(SC)cc(OC)c(OC)c1OC)N[C@H](C)C(=O)CC1OC(CO[C@]2(C(=O)OC)C[C@@H](OC(C)=O)C(NC(C)=O)C([C@H](OC(C)=O)[C@@H](COC(C)=O)OC(C)=O)O2)[C@H](OC(C)=O)[C@H](OC2OC(COC(C)=O)[C@@H]3OC(=O)[C@]4(C[C@@H](OC(C)=O)C(NC(C)=O)C([C@H](OC(C)=O)[C@@H](COC(C)=O)OC(C)=O)O4)O[C@@H]3[C@@H]2OC(C)=O)[C@@H]1NC(C)=O. The standard InChI is InChI=1S/C77H108N4O40S/c1-22-47(23-48-58(122-21)25-51(99-17)63(101-19)62(48)100-18)78-32(2)49(96)24-50-59(79-33(3)82)68(64(111-43(13)92)57(115-50)31-106-76(74(97)102-20)26-52(107-39(9)88)60(80-34(4)83)69(119-76)65(112-44(14)93)54(109-41(11)90)28-103-36(6)85)117-73-72(114-46(16)95)71-67(56(116-73)30-105-38(8)87)118-75(98)77(121-71)27-53(108-40(10)89)61(81-35(5)84)70(120-77)66(113-45(15)94)55(110-42(12)91)29-104-37(7)86/h25,32,47,50,52-57,59-61,64-73,78H,22-24,26-31H2,1-21H3,(H,79,82)(H,80,83)(H,81,84)/t32-,47?,50?,52-,53-,54-,55-,56?,57?,59-,60?,61?,64+,65-,66-,67+,68-,69?,70?,71+,72+,73?,76-,77+/m1/s1. The van der Waals surface area contributed by atoms with Gasteiger partial charge < -0.3 is 130 Å². The van der Waals surface area contributed by atoms with Gasteiger partial charge in [-0.2, -0.15) is 0 Å². The van der Waals surface area contributed by atoms with Crippen LogP contribution in [0.15, 0.2) is 11.0 Å². The number of amides is 3. The summed E-state index contributed by atoms with van der Waals surface area (Å²) in [7, 11) is 5.17. The van der Waals surface area contributed by atoms with Crippen LogP contribution in [0, 0.1) is 0 Å². The molecule has 1 aromatic rings. The maximum Gasteiger partial charge on any atom is 0.367 e. The van der Waals surface area contributed by atoms with Crippen molar-refractivity contribution in [3.63, 3.8) is 0 Å². The van der Waals surface area contributed by atoms with Gasteiger partial charge in [-0.25, -0.2) is 9.59 Å². The first kappa shape index (κ1) is 101. The van der Waals surface area contributed by atoms with Gasteiger partial charge in [-0.05, 0) is 32.1 Å². The first-order valence-corrected chi connectivity index (χ1v) is 39.7. The molecular formula is C77H108N4O40S. The molecule has 6 rings (SSSR count). The molecular weight excluding hydrogens is 1650 g/mol. The number of methoxy groups -OCH3 is 4. The molecule has 122 heavy (non-hydrogen) atoms. The number of ether oxygens (including phenoxy) is 23. The first-order valence-electron chi connectivity index (χ1n) is 38.5. The van der Waals surface area contributed by atoms with Gasteiger partial charge in [0.15, 0.2) is 66.3 Å². The quantitative estimate of drug-likeness (QED) is 0.0373. The molecule has 5 aliphatic rings. The Labute approximate surface area is 705 Å². The maximum absolute atomic E-state index is 15.5. The van der Waals surface area contributed by atoms with Crippen molar-refractivity contribution in [3.8, 4) is 17.2 Å². The maximum atomic E-state index is 15.5. The number of hydrogen-bond acceptors (Lipinski definition) is 42. The van der Waals surface area contributed by atoms with Crippen molar-refractivity contribution in [2.45, 2.75) is 294 Å². The van der Waals surface area contributed by atoms with Crippen LogP contribution in [0.25, 0.3) is 0 Å². The van der Waals surface area contributed by atoms with Gasteiger partial charge >= 0.3 is 77.6 Å². The zero-order valence-corrected chi connectivity index (χ0v) is 72.2. The lowest BCUT2D eigenvalue weighted by Gasteiger charge is -2.55. The molecule has 0 aliphatic carbocycles. The molecule has 0 radical (unpaired) electrons. The number of esters is 13. The molecule has 24 atom stereocenters. The molecule has 1 spiro atoms. The number of fused-ring (bicyclic) bond motifs is 1. The fourth-order valence-electron chi connectivity index (χ4n) is 14.8. The van der Waals surface area contributed by atoms with Gasteiger partial charge in [0.2, 0.25) is 23.5 Å². The fourth-order valence-corrected chi connectivity index (χ4v) is 15.5. The van der Waals surface area contributed by atoms with E-state index in [1.165, 1.54) is 40.0 Å². The van der Waals surface area contributed by atoms with E-state index >= 15 is 14.4 Å². The minimum atomic E-state index is -3.08. The van der Waals surface area contributed by atoms with Gasteiger partial charge in [-0.3, -0.25) is 71.9 Å². The van der Waals surface area contributed by atoms with Crippen molar-refractivity contribution < 1.29 is 190 Å². The monoisotopic (exact) mass is 1760 g/mol. The van der Waals surface area contributed by atoms with Crippen LogP contribution >= 0.6 is 11.8 Å². The minimum Gasteiger partial charge on any atom is -0.493 e. The molecule has 1 aromatic carbocycles. The lowest BCUT2D eigenvalue weighted by atomic mass is 9.86. The smallest absolute Gasteiger partial charge is 0.367 e. The third-order valence-corrected chi connectivity index (χ3v) is 20.2. The van der Waals surface area contributed by atoms with Crippen LogP contribution in [0.3, 0.4) is 0 Å². The van der Waals surface area contributed by atoms with Crippen molar-refractivity contribution in [1.29, 1.82) is 0 Å². The Balaban J connectivity index is 1.65. The van der Waals surface area contributed by atoms with E-state index < -0.39 is 293 Å². The third kappa shape index (κ3) is 26.9. The van der Waals surface area contributed by atoms with Crippen molar-refractivity contribution in [2.24, 2.45) is 0 Å². The predicted octanol–water partition coefficient (Wildman–Crippen LogP) is -0.302. The third-order valence-electron chi connectivity index (χ3n) is 19.4. The topological polar surface area (TPSA) is 551 Å². The summed E-state index contributed by atoms with van der Waals surface area (Å²) in [6.07, 6.45) is -35.0. The molecule has 44 nitrogen and oxygen atoms in total. The number of ketones is 1. The average Bonchev–Trinajstić information content (AvgIpc) is 0.759. The van der Waals surface area contributed by atoms with Gasteiger partial charge in [0.05, 0.1) is 78.2 Å². The molecule has 0 aromatic heterocycles. The van der Waals surface area contributed by atoms with E-state index in [2.05, 4.69) is 21.3 Å². The molecule has 5 saturated heterocycles. The molecule has 5 fully saturated rings. The Hall–Kier alpha value is -10.2. The molecule has 682 valence electrons. The first-order chi connectivity index (χ1) is 57.3. The Morgan fingerprint density at radius 3 is 1.46 bits per heavy atom. The van der Waals surface area contributed by atoms with Crippen molar-refractivity contribution >= 4 is 113 Å². The van der Waals surface area contributed by atoms with Crippen LogP contribution in [0.1, 0.15) is 142 Å². The van der Waals surface area contributed by atoms with E-state index in [4.69, 9.17) is 109 Å². The Morgan fingerprint density at radius 2 is 1.01 bits per heavy atom. The number of hydrogen-bond donors (Lipinski definition) is 4. The lowest BCUT2D eigenvalue weighted by molar-refractivity contribution is -0.401. The molecule has 9 unspecified atom stereocenters. The van der Waals surface area contributed by atoms with E-state index in [0.717, 1.165) is 109 Å². The molecule has 0 bridgehead atoms. The number of thioether (sulfide) groups is 1. The zero-order chi connectivity index (χ0) is 91.3. The summed E-state index contributed by atoms with van der Waals surface area (Å²) in [5.41, 5.74) is 0.658. The minimum absolute atomic E-state index is 0.198. The van der Waals surface area contributed by atoms with Crippen molar-refractivity contribution in [2.75, 3.05) is 61.1 Å². The summed E-state index contributed by atoms with van der Waals surface area (Å²) >= 11 is 1.37. The average molecular weight is 1760 g/mol. The normalized spacial score (nSPS) is 28.0. The van der Waals surface area contributed by atoms with Crippen LogP contribution in [-0.4, -0.2) is 308 Å². The Morgan fingerprint density at radius 1 is 0.516 bits per heavy atom. The van der Waals surface area contributed by atoms with Crippen LogP contribution in [-0.2, 0) is 183 Å². The number of Topliss-reactive ketones (excluding diaryl/α,β-unsaturated/α-hetero) is 1. The predicted molar refractivity (Wildman–Crippen MR) is 404 cm³/mol. The van der Waals surface area contributed by atoms with Crippen LogP contribution in [0.5, 0.6) is 17.2 Å². The second kappa shape index (κ2) is 45.3. The van der Waals surface area contributed by atoms with E-state index in [0.29, 0.717) is 23.5 Å². The molecule has 45 heteroatoms. The second-order valence-corrected chi connectivity index (χ2v) is 29.7. The number of nitrogens with one attached hydrogen (secondary N) is 4. The summed E-state index contributed by atoms with van der Waals surface area (Å²) in [5.74, 6) is -23.5. The second-order valence-electron chi connectivity index (χ2n) is 28.9. The number of rotatable bonds is 39. The highest BCUT2D eigenvalue weighted by Crippen LogP contribution is 2.48. The zero-order valence-electron chi connectivity index (χ0n) is 71.4. The van der Waals surface area contributed by atoms with E-state index in [1.807, 2.05) is 13.2 Å². The van der Waals surface area contributed by atoms with Crippen LogP contribution < -0.4 is 35.5 Å². The van der Waals surface area contributed by atoms with Gasteiger partial charge in [0, 0.05) is 120 Å². The van der Waals surface area contributed by atoms with Crippen LogP contribution in [0.4, 0.5) is 0 Å². The van der Waals surface area contributed by atoms with Gasteiger partial charge in [0.1, 0.15) is 68.7 Å². The molecule has 0 saturated carbocycles. The van der Waals surface area contributed by atoms with Crippen LogP contribution in [0.2, 0.25) is 0 Å². The molecule has 4 N–H and O–H groups in total. The Kier molecular flexibility index (Phi) is 37.4. The summed E-state index contributed by atoms with van der Waals surface area (Å²) in [6, 6.07) is -5.31. The van der Waals surface area contributed by atoms with Gasteiger partial charge in [-0.15, -0.1) is 11.8 Å². The van der Waals surface area contributed by atoms with Gasteiger partial charge in [-0.1, -0.05) is 6.92 Å². The van der Waals surface area contributed by atoms with E-state index in [-0.39, 0.29) is 12.2 Å². The number of carbonyl (C=O) groups is 17. The number of carbonyl (C=O) groups excluding carboxylic acids is 17. The van der Waals surface area contributed by atoms with Crippen molar-refractivity contribution in [3.05, 3.63) is 11.6 Å². The number of benzene rings is 1. The van der Waals surface area contributed by atoms with Gasteiger partial charge in [0.25, 0.3) is 11.6 Å². The molecule has 3 amide bonds. The summed E-state index contributed by atoms with van der Waals surface area (Å²) in [5, 5.41) is 11.1.